The number of carbonyl (C=O) groups excluding carboxylic acids is 2. The van der Waals surface area contributed by atoms with Gasteiger partial charge in [-0.2, -0.15) is 4.68 Å². The van der Waals surface area contributed by atoms with Crippen molar-refractivity contribution in [2.24, 2.45) is 0 Å². The Balaban J connectivity index is 1.39. The van der Waals surface area contributed by atoms with Crippen molar-refractivity contribution < 1.29 is 14.0 Å². The summed E-state index contributed by atoms with van der Waals surface area (Å²) >= 11 is 6.00. The van der Waals surface area contributed by atoms with Gasteiger partial charge in [-0.15, -0.1) is 5.10 Å². The van der Waals surface area contributed by atoms with E-state index in [2.05, 4.69) is 15.3 Å². The SMILES string of the molecule is CC(C)(C)NC(=O)Cc1nn(-c2ccc(CCN3C4CCC3CC(=O)C4)cc2)c(=O)n1-c1ccc(F)c(Cl)c1. The van der Waals surface area contributed by atoms with E-state index in [1.165, 1.54) is 27.4 Å². The van der Waals surface area contributed by atoms with Crippen molar-refractivity contribution in [3.05, 3.63) is 75.2 Å². The molecule has 2 saturated heterocycles. The Morgan fingerprint density at radius 2 is 1.69 bits per heavy atom. The number of hydrogen-bond donors (Lipinski definition) is 1. The quantitative estimate of drug-likeness (QED) is 0.477. The first-order valence-corrected chi connectivity index (χ1v) is 13.7. The van der Waals surface area contributed by atoms with Gasteiger partial charge in [0.15, 0.2) is 0 Å². The van der Waals surface area contributed by atoms with Gasteiger partial charge in [0.25, 0.3) is 0 Å². The van der Waals surface area contributed by atoms with Gasteiger partial charge in [-0.1, -0.05) is 23.7 Å². The fourth-order valence-electron chi connectivity index (χ4n) is 5.67. The van der Waals surface area contributed by atoms with Gasteiger partial charge >= 0.3 is 5.69 Å². The fraction of sp³-hybridized carbons (Fsp3) is 0.448. The Labute approximate surface area is 231 Å². The lowest BCUT2D eigenvalue weighted by Crippen LogP contribution is -2.44. The predicted octanol–water partition coefficient (Wildman–Crippen LogP) is 4.01. The van der Waals surface area contributed by atoms with E-state index in [1.54, 1.807) is 0 Å². The number of benzene rings is 2. The van der Waals surface area contributed by atoms with Crippen LogP contribution in [-0.2, 0) is 22.4 Å². The third kappa shape index (κ3) is 5.99. The molecule has 0 saturated carbocycles. The summed E-state index contributed by atoms with van der Waals surface area (Å²) in [5.41, 5.74) is 1.05. The number of ketones is 1. The van der Waals surface area contributed by atoms with Crippen LogP contribution in [0.2, 0.25) is 5.02 Å². The first-order chi connectivity index (χ1) is 18.5. The van der Waals surface area contributed by atoms with Gasteiger partial charge in [0.1, 0.15) is 17.4 Å². The van der Waals surface area contributed by atoms with Crippen LogP contribution in [0, 0.1) is 5.82 Å². The zero-order valence-electron chi connectivity index (χ0n) is 22.4. The molecule has 206 valence electrons. The third-order valence-corrected chi connectivity index (χ3v) is 7.67. The molecule has 1 amide bonds. The smallest absolute Gasteiger partial charge is 0.351 e. The Kier molecular flexibility index (Phi) is 7.48. The molecule has 2 aliphatic heterocycles. The van der Waals surface area contributed by atoms with E-state index in [4.69, 9.17) is 11.6 Å². The molecule has 0 aliphatic carbocycles. The van der Waals surface area contributed by atoms with Crippen molar-refractivity contribution in [1.82, 2.24) is 24.6 Å². The first kappa shape index (κ1) is 27.3. The maximum Gasteiger partial charge on any atom is 0.355 e. The zero-order valence-corrected chi connectivity index (χ0v) is 23.2. The molecule has 2 aromatic carbocycles. The van der Waals surface area contributed by atoms with Crippen LogP contribution < -0.4 is 11.0 Å². The molecule has 1 aromatic heterocycles. The van der Waals surface area contributed by atoms with E-state index in [0.717, 1.165) is 31.4 Å². The van der Waals surface area contributed by atoms with E-state index < -0.39 is 17.0 Å². The highest BCUT2D eigenvalue weighted by atomic mass is 35.5. The van der Waals surface area contributed by atoms with Crippen LogP contribution in [0.4, 0.5) is 4.39 Å². The number of aromatic nitrogens is 3. The number of halogens is 2. The first-order valence-electron chi connectivity index (χ1n) is 13.3. The largest absolute Gasteiger partial charge is 0.355 e. The lowest BCUT2D eigenvalue weighted by Gasteiger charge is -2.33. The number of amides is 1. The van der Waals surface area contributed by atoms with E-state index in [9.17, 15) is 18.8 Å². The second-order valence-electron chi connectivity index (χ2n) is 11.5. The van der Waals surface area contributed by atoms with Crippen LogP contribution in [0.1, 0.15) is 57.8 Å². The fourth-order valence-corrected chi connectivity index (χ4v) is 5.84. The Morgan fingerprint density at radius 1 is 1.05 bits per heavy atom. The average molecular weight is 554 g/mol. The molecule has 39 heavy (non-hydrogen) atoms. The maximum absolute atomic E-state index is 13.8. The highest BCUT2D eigenvalue weighted by Gasteiger charge is 2.39. The summed E-state index contributed by atoms with van der Waals surface area (Å²) in [6, 6.07) is 12.3. The summed E-state index contributed by atoms with van der Waals surface area (Å²) in [5, 5.41) is 7.25. The van der Waals surface area contributed by atoms with Crippen molar-refractivity contribution in [3.63, 3.8) is 0 Å². The van der Waals surface area contributed by atoms with Gasteiger partial charge in [-0.05, 0) is 75.9 Å². The Bertz CT molecular complexity index is 1440. The topological polar surface area (TPSA) is 89.2 Å². The number of carbonyl (C=O) groups is 2. The molecule has 2 bridgehead atoms. The minimum atomic E-state index is -0.604. The van der Waals surface area contributed by atoms with Gasteiger partial charge in [-0.3, -0.25) is 14.5 Å². The number of fused-ring (bicyclic) bond motifs is 2. The summed E-state index contributed by atoms with van der Waals surface area (Å²) in [6.45, 7) is 6.50. The van der Waals surface area contributed by atoms with Crippen LogP contribution in [0.15, 0.2) is 47.3 Å². The number of nitrogens with one attached hydrogen (secondary N) is 1. The molecule has 10 heteroatoms. The molecule has 8 nitrogen and oxygen atoms in total. The monoisotopic (exact) mass is 553 g/mol. The molecule has 3 aromatic rings. The maximum atomic E-state index is 13.8. The van der Waals surface area contributed by atoms with Crippen molar-refractivity contribution in [2.45, 2.75) is 76.9 Å². The van der Waals surface area contributed by atoms with Crippen molar-refractivity contribution in [1.29, 1.82) is 0 Å². The van der Waals surface area contributed by atoms with Crippen LogP contribution in [0.3, 0.4) is 0 Å². The van der Waals surface area contributed by atoms with Gasteiger partial charge in [0.2, 0.25) is 5.91 Å². The second kappa shape index (κ2) is 10.7. The number of rotatable bonds is 7. The summed E-state index contributed by atoms with van der Waals surface area (Å²) in [4.78, 5) is 40.6. The molecule has 0 spiro atoms. The highest BCUT2D eigenvalue weighted by molar-refractivity contribution is 6.30. The van der Waals surface area contributed by atoms with Gasteiger partial charge in [0, 0.05) is 37.0 Å². The third-order valence-electron chi connectivity index (χ3n) is 7.38. The minimum absolute atomic E-state index is 0.131. The van der Waals surface area contributed by atoms with E-state index in [-0.39, 0.29) is 23.2 Å². The predicted molar refractivity (Wildman–Crippen MR) is 147 cm³/mol. The van der Waals surface area contributed by atoms with E-state index in [0.29, 0.717) is 42.1 Å². The van der Waals surface area contributed by atoms with Gasteiger partial charge in [0.05, 0.1) is 22.8 Å². The molecular formula is C29H33ClFN5O3. The molecule has 2 atom stereocenters. The molecular weight excluding hydrogens is 521 g/mol. The number of Topliss-reactive ketones (excluding diaryl/α,β-unsaturated/α-hetero) is 1. The van der Waals surface area contributed by atoms with Crippen LogP contribution in [-0.4, -0.2) is 55.1 Å². The number of piperidine rings is 1. The van der Waals surface area contributed by atoms with Crippen LogP contribution in [0.25, 0.3) is 11.4 Å². The summed E-state index contributed by atoms with van der Waals surface area (Å²) in [6.07, 6.45) is 4.21. The minimum Gasteiger partial charge on any atom is -0.351 e. The lowest BCUT2D eigenvalue weighted by atomic mass is 10.0. The molecule has 5 rings (SSSR count). The Morgan fingerprint density at radius 3 is 2.31 bits per heavy atom. The van der Waals surface area contributed by atoms with Crippen molar-refractivity contribution in [3.8, 4) is 11.4 Å². The molecule has 0 radical (unpaired) electrons. The zero-order chi connectivity index (χ0) is 27.9. The Hall–Kier alpha value is -3.30. The van der Waals surface area contributed by atoms with E-state index >= 15 is 0 Å². The molecule has 1 N–H and O–H groups in total. The highest BCUT2D eigenvalue weighted by Crippen LogP contribution is 2.33. The summed E-state index contributed by atoms with van der Waals surface area (Å²) in [5.74, 6) is -0.305. The lowest BCUT2D eigenvalue weighted by molar-refractivity contribution is -0.124. The number of nitrogens with zero attached hydrogens (tertiary/aromatic N) is 4. The molecule has 3 heterocycles. The van der Waals surface area contributed by atoms with Gasteiger partial charge < -0.3 is 5.32 Å². The summed E-state index contributed by atoms with van der Waals surface area (Å²) in [7, 11) is 0. The van der Waals surface area contributed by atoms with Crippen LogP contribution >= 0.6 is 11.6 Å². The van der Waals surface area contributed by atoms with Gasteiger partial charge in [-0.25, -0.2) is 13.8 Å². The van der Waals surface area contributed by atoms with Crippen LogP contribution in [0.5, 0.6) is 0 Å². The average Bonchev–Trinajstić information content (AvgIpc) is 3.30. The molecule has 2 fully saturated rings. The second-order valence-corrected chi connectivity index (χ2v) is 11.9. The molecule has 2 aliphatic rings. The normalized spacial score (nSPS) is 19.5. The van der Waals surface area contributed by atoms with E-state index in [1.807, 2.05) is 45.0 Å². The molecule has 2 unspecified atom stereocenters. The van der Waals surface area contributed by atoms with Crippen molar-refractivity contribution in [2.75, 3.05) is 6.54 Å². The standard InChI is InChI=1S/C29H33ClFN5O3/c1-29(2,3)32-27(38)17-26-33-36(28(39)35(26)22-10-11-25(31)24(30)16-22)19-6-4-18(5-7-19)12-13-34-20-8-9-21(34)15-23(37)14-20/h4-7,10-11,16,20-21H,8-9,12-15,17H2,1-3H3,(H,32,38). The summed E-state index contributed by atoms with van der Waals surface area (Å²) < 4.78 is 16.4. The number of hydrogen-bond acceptors (Lipinski definition) is 5. The van der Waals surface area contributed by atoms with Crippen molar-refractivity contribution >= 4 is 23.3 Å².